The molecule has 0 aliphatic carbocycles. The summed E-state index contributed by atoms with van der Waals surface area (Å²) in [6.45, 7) is 9.19. The van der Waals surface area contributed by atoms with Crippen LogP contribution >= 0.6 is 0 Å². The summed E-state index contributed by atoms with van der Waals surface area (Å²) >= 11 is 0. The molecule has 1 aliphatic heterocycles. The fraction of sp³-hybridized carbons (Fsp3) is 0.467. The first-order valence-electron chi connectivity index (χ1n) is 6.60. The molecule has 0 N–H and O–H groups in total. The van der Waals surface area contributed by atoms with E-state index in [0.717, 1.165) is 13.1 Å². The van der Waals surface area contributed by atoms with Gasteiger partial charge in [-0.15, -0.1) is 0 Å². The highest BCUT2D eigenvalue weighted by molar-refractivity contribution is 5.85. The molecule has 2 heterocycles. The van der Waals surface area contributed by atoms with Crippen molar-refractivity contribution in [2.45, 2.75) is 33.4 Å². The van der Waals surface area contributed by atoms with Crippen molar-refractivity contribution in [1.29, 1.82) is 0 Å². The van der Waals surface area contributed by atoms with E-state index in [1.807, 2.05) is 0 Å². The molecule has 0 saturated carbocycles. The van der Waals surface area contributed by atoms with Crippen LogP contribution in [0.3, 0.4) is 0 Å². The standard InChI is InChI=1S/C15H20N2/c1-3-16-9-6-10-17-14-8-5-4-7-13(14)12(2)15(17)11-16/h4-5,7-8H,3,6,9-11H2,1-2H3. The molecule has 0 unspecified atom stereocenters. The maximum atomic E-state index is 2.55. The fourth-order valence-electron chi connectivity index (χ4n) is 3.00. The van der Waals surface area contributed by atoms with Crippen molar-refractivity contribution in [2.24, 2.45) is 0 Å². The summed E-state index contributed by atoms with van der Waals surface area (Å²) in [7, 11) is 0. The fourth-order valence-corrected chi connectivity index (χ4v) is 3.00. The Morgan fingerprint density at radius 1 is 1.18 bits per heavy atom. The van der Waals surface area contributed by atoms with Crippen LogP contribution in [-0.2, 0) is 13.1 Å². The summed E-state index contributed by atoms with van der Waals surface area (Å²) in [5.41, 5.74) is 4.41. The molecule has 1 aromatic carbocycles. The third-order valence-electron chi connectivity index (χ3n) is 4.03. The monoisotopic (exact) mass is 228 g/mol. The molecule has 0 fully saturated rings. The summed E-state index contributed by atoms with van der Waals surface area (Å²) < 4.78 is 2.53. The Labute approximate surface area is 103 Å². The predicted molar refractivity (Wildman–Crippen MR) is 72.2 cm³/mol. The van der Waals surface area contributed by atoms with Crippen LogP contribution in [0.25, 0.3) is 10.9 Å². The zero-order valence-corrected chi connectivity index (χ0v) is 10.7. The molecule has 2 heteroatoms. The first-order chi connectivity index (χ1) is 8.31. The lowest BCUT2D eigenvalue weighted by atomic mass is 10.1. The summed E-state index contributed by atoms with van der Waals surface area (Å²) in [6.07, 6.45) is 1.26. The Morgan fingerprint density at radius 2 is 2.00 bits per heavy atom. The summed E-state index contributed by atoms with van der Waals surface area (Å²) in [4.78, 5) is 2.55. The van der Waals surface area contributed by atoms with Gasteiger partial charge in [0.25, 0.3) is 0 Å². The van der Waals surface area contributed by atoms with Gasteiger partial charge in [-0.25, -0.2) is 0 Å². The van der Waals surface area contributed by atoms with Crippen molar-refractivity contribution < 1.29 is 0 Å². The second kappa shape index (κ2) is 4.19. The molecule has 1 aromatic heterocycles. The number of nitrogens with zero attached hydrogens (tertiary/aromatic N) is 2. The molecule has 0 amide bonds. The smallest absolute Gasteiger partial charge is 0.0485 e. The average molecular weight is 228 g/mol. The van der Waals surface area contributed by atoms with Gasteiger partial charge in [-0.2, -0.15) is 0 Å². The first kappa shape index (κ1) is 10.8. The van der Waals surface area contributed by atoms with Crippen molar-refractivity contribution in [1.82, 2.24) is 9.47 Å². The molecule has 0 atom stereocenters. The highest BCUT2D eigenvalue weighted by Crippen LogP contribution is 2.28. The molecule has 17 heavy (non-hydrogen) atoms. The number of hydrogen-bond acceptors (Lipinski definition) is 1. The Morgan fingerprint density at radius 3 is 2.82 bits per heavy atom. The number of hydrogen-bond donors (Lipinski definition) is 0. The summed E-state index contributed by atoms with van der Waals surface area (Å²) in [5, 5.41) is 1.43. The third kappa shape index (κ3) is 1.67. The van der Waals surface area contributed by atoms with E-state index >= 15 is 0 Å². The maximum absolute atomic E-state index is 2.55. The van der Waals surface area contributed by atoms with E-state index < -0.39 is 0 Å². The summed E-state index contributed by atoms with van der Waals surface area (Å²) in [5.74, 6) is 0. The maximum Gasteiger partial charge on any atom is 0.0485 e. The Balaban J connectivity index is 2.19. The molecule has 0 bridgehead atoms. The van der Waals surface area contributed by atoms with Gasteiger partial charge in [0.1, 0.15) is 0 Å². The average Bonchev–Trinajstić information content (AvgIpc) is 2.56. The van der Waals surface area contributed by atoms with Crippen molar-refractivity contribution in [2.75, 3.05) is 13.1 Å². The van der Waals surface area contributed by atoms with Gasteiger partial charge >= 0.3 is 0 Å². The van der Waals surface area contributed by atoms with Crippen LogP contribution < -0.4 is 0 Å². The van der Waals surface area contributed by atoms with E-state index in [1.54, 1.807) is 0 Å². The topological polar surface area (TPSA) is 8.17 Å². The third-order valence-corrected chi connectivity index (χ3v) is 4.03. The molecular weight excluding hydrogens is 208 g/mol. The van der Waals surface area contributed by atoms with E-state index in [1.165, 1.54) is 41.7 Å². The van der Waals surface area contributed by atoms with Crippen LogP contribution in [0.15, 0.2) is 24.3 Å². The molecular formula is C15H20N2. The highest BCUT2D eigenvalue weighted by Gasteiger charge is 2.18. The van der Waals surface area contributed by atoms with Gasteiger partial charge in [0, 0.05) is 36.2 Å². The Hall–Kier alpha value is -1.28. The number of fused-ring (bicyclic) bond motifs is 3. The van der Waals surface area contributed by atoms with E-state index in [2.05, 4.69) is 47.6 Å². The molecule has 2 nitrogen and oxygen atoms in total. The lowest BCUT2D eigenvalue weighted by Crippen LogP contribution is -2.22. The van der Waals surface area contributed by atoms with Gasteiger partial charge in [0.05, 0.1) is 0 Å². The normalized spacial score (nSPS) is 17.1. The molecule has 3 rings (SSSR count). The van der Waals surface area contributed by atoms with E-state index in [4.69, 9.17) is 0 Å². The number of rotatable bonds is 1. The Bertz CT molecular complexity index is 539. The van der Waals surface area contributed by atoms with Crippen LogP contribution in [-0.4, -0.2) is 22.6 Å². The van der Waals surface area contributed by atoms with Crippen molar-refractivity contribution in [3.63, 3.8) is 0 Å². The number of aromatic nitrogens is 1. The minimum absolute atomic E-state index is 1.11. The lowest BCUT2D eigenvalue weighted by molar-refractivity contribution is 0.284. The van der Waals surface area contributed by atoms with Gasteiger partial charge in [0.2, 0.25) is 0 Å². The molecule has 0 radical (unpaired) electrons. The quantitative estimate of drug-likeness (QED) is 0.728. The predicted octanol–water partition coefficient (Wildman–Crippen LogP) is 3.18. The van der Waals surface area contributed by atoms with Crippen LogP contribution in [0, 0.1) is 6.92 Å². The SMILES string of the molecule is CCN1CCCn2c(c(C)c3ccccc32)C1. The van der Waals surface area contributed by atoms with Crippen LogP contribution in [0.2, 0.25) is 0 Å². The molecule has 0 spiro atoms. The van der Waals surface area contributed by atoms with Crippen LogP contribution in [0.4, 0.5) is 0 Å². The number of aryl methyl sites for hydroxylation is 2. The van der Waals surface area contributed by atoms with Gasteiger partial charge in [-0.1, -0.05) is 25.1 Å². The largest absolute Gasteiger partial charge is 0.343 e. The Kier molecular flexibility index (Phi) is 2.67. The van der Waals surface area contributed by atoms with Crippen LogP contribution in [0.1, 0.15) is 24.6 Å². The highest BCUT2D eigenvalue weighted by atomic mass is 15.2. The first-order valence-corrected chi connectivity index (χ1v) is 6.60. The second-order valence-electron chi connectivity index (χ2n) is 4.96. The van der Waals surface area contributed by atoms with E-state index in [0.29, 0.717) is 0 Å². The van der Waals surface area contributed by atoms with Crippen LogP contribution in [0.5, 0.6) is 0 Å². The summed E-state index contributed by atoms with van der Waals surface area (Å²) in [6, 6.07) is 8.81. The molecule has 90 valence electrons. The minimum Gasteiger partial charge on any atom is -0.343 e. The lowest BCUT2D eigenvalue weighted by Gasteiger charge is -2.17. The van der Waals surface area contributed by atoms with E-state index in [9.17, 15) is 0 Å². The molecule has 1 aliphatic rings. The molecule has 0 saturated heterocycles. The number of benzene rings is 1. The zero-order valence-electron chi connectivity index (χ0n) is 10.7. The van der Waals surface area contributed by atoms with Gasteiger partial charge in [0.15, 0.2) is 0 Å². The van der Waals surface area contributed by atoms with Crippen molar-refractivity contribution in [3.8, 4) is 0 Å². The van der Waals surface area contributed by atoms with Crippen molar-refractivity contribution in [3.05, 3.63) is 35.5 Å². The van der Waals surface area contributed by atoms with E-state index in [-0.39, 0.29) is 0 Å². The number of para-hydroxylation sites is 1. The van der Waals surface area contributed by atoms with Gasteiger partial charge < -0.3 is 4.57 Å². The zero-order chi connectivity index (χ0) is 11.8. The van der Waals surface area contributed by atoms with Crippen molar-refractivity contribution >= 4 is 10.9 Å². The van der Waals surface area contributed by atoms with Gasteiger partial charge in [-0.3, -0.25) is 4.90 Å². The second-order valence-corrected chi connectivity index (χ2v) is 4.96. The molecule has 2 aromatic rings. The van der Waals surface area contributed by atoms with Gasteiger partial charge in [-0.05, 0) is 31.5 Å². The minimum atomic E-state index is 1.11.